The van der Waals surface area contributed by atoms with Crippen molar-refractivity contribution in [2.24, 2.45) is 5.73 Å². The zero-order valence-corrected chi connectivity index (χ0v) is 7.06. The van der Waals surface area contributed by atoms with Crippen molar-refractivity contribution in [3.8, 4) is 0 Å². The van der Waals surface area contributed by atoms with Gasteiger partial charge in [0.15, 0.2) is 0 Å². The lowest BCUT2D eigenvalue weighted by atomic mass is 10.2. The van der Waals surface area contributed by atoms with E-state index in [1.165, 1.54) is 0 Å². The predicted octanol–water partition coefficient (Wildman–Crippen LogP) is -1.45. The molecule has 0 radical (unpaired) electrons. The average Bonchev–Trinajstić information content (AvgIpc) is 2.28. The van der Waals surface area contributed by atoms with Gasteiger partial charge in [-0.15, -0.1) is 0 Å². The molecule has 3 N–H and O–H groups in total. The van der Waals surface area contributed by atoms with Crippen LogP contribution in [0, 0.1) is 0 Å². The van der Waals surface area contributed by atoms with E-state index in [-0.39, 0.29) is 6.42 Å². The van der Waals surface area contributed by atoms with Gasteiger partial charge in [-0.1, -0.05) is 0 Å². The van der Waals surface area contributed by atoms with Crippen LogP contribution in [0.5, 0.6) is 0 Å². The van der Waals surface area contributed by atoms with E-state index in [4.69, 9.17) is 10.8 Å². The smallest absolute Gasteiger partial charge is 0.326 e. The molecule has 6 heteroatoms. The van der Waals surface area contributed by atoms with Crippen LogP contribution in [-0.4, -0.2) is 39.9 Å². The summed E-state index contributed by atoms with van der Waals surface area (Å²) in [5.41, 5.74) is 5.33. The first-order chi connectivity index (χ1) is 5.95. The number of hydrogen-bond donors (Lipinski definition) is 2. The zero-order valence-electron chi connectivity index (χ0n) is 7.06. The van der Waals surface area contributed by atoms with Crippen molar-refractivity contribution in [2.75, 3.05) is 0 Å². The minimum atomic E-state index is -1.20. The third-order valence-electron chi connectivity index (χ3n) is 1.97. The average molecular weight is 186 g/mol. The van der Waals surface area contributed by atoms with E-state index >= 15 is 0 Å². The highest BCUT2D eigenvalue weighted by Crippen LogP contribution is 2.18. The summed E-state index contributed by atoms with van der Waals surface area (Å²) >= 11 is 0. The second-order valence-electron chi connectivity index (χ2n) is 2.92. The lowest BCUT2D eigenvalue weighted by molar-refractivity contribution is -0.153. The highest BCUT2D eigenvalue weighted by molar-refractivity contribution is 6.03. The lowest BCUT2D eigenvalue weighted by Crippen LogP contribution is -2.43. The van der Waals surface area contributed by atoms with Crippen LogP contribution < -0.4 is 5.73 Å². The van der Waals surface area contributed by atoms with Crippen LogP contribution in [0.1, 0.15) is 13.3 Å². The molecule has 13 heavy (non-hydrogen) atoms. The maximum Gasteiger partial charge on any atom is 0.326 e. The van der Waals surface area contributed by atoms with Crippen LogP contribution in [0.15, 0.2) is 0 Å². The van der Waals surface area contributed by atoms with Gasteiger partial charge in [-0.2, -0.15) is 0 Å². The van der Waals surface area contributed by atoms with Crippen LogP contribution >= 0.6 is 0 Å². The molecule has 0 aromatic carbocycles. The fraction of sp³-hybridized carbons (Fsp3) is 0.571. The van der Waals surface area contributed by atoms with Crippen molar-refractivity contribution in [1.29, 1.82) is 0 Å². The summed E-state index contributed by atoms with van der Waals surface area (Å²) in [7, 11) is 0. The maximum absolute atomic E-state index is 11.2. The number of rotatable bonds is 1. The fourth-order valence-electron chi connectivity index (χ4n) is 1.36. The number of amides is 2. The molecule has 2 amide bonds. The first-order valence-corrected chi connectivity index (χ1v) is 3.77. The highest BCUT2D eigenvalue weighted by Gasteiger charge is 2.43. The number of carbonyl (C=O) groups excluding carboxylic acids is 2. The first kappa shape index (κ1) is 9.66. The molecule has 1 rings (SSSR count). The maximum atomic E-state index is 11.2. The molecule has 0 aliphatic carbocycles. The van der Waals surface area contributed by atoms with Gasteiger partial charge in [-0.25, -0.2) is 4.79 Å². The standard InChI is InChI=1S/C7H10N2O4/c1-3(10)9-5(7(12)13)2-4(8)6(9)11/h4-5H,2,8H2,1H3,(H,12,13). The monoisotopic (exact) mass is 186 g/mol. The number of nitrogens with two attached hydrogens (primary N) is 1. The van der Waals surface area contributed by atoms with E-state index in [0.717, 1.165) is 6.92 Å². The quantitative estimate of drug-likeness (QED) is 0.521. The lowest BCUT2D eigenvalue weighted by Gasteiger charge is -2.16. The van der Waals surface area contributed by atoms with Gasteiger partial charge < -0.3 is 10.8 Å². The minimum absolute atomic E-state index is 0.00620. The van der Waals surface area contributed by atoms with E-state index in [1.807, 2.05) is 0 Å². The Kier molecular flexibility index (Phi) is 2.33. The first-order valence-electron chi connectivity index (χ1n) is 3.77. The molecular weight excluding hydrogens is 176 g/mol. The molecule has 0 bridgehead atoms. The van der Waals surface area contributed by atoms with Crippen LogP contribution in [0.25, 0.3) is 0 Å². The summed E-state index contributed by atoms with van der Waals surface area (Å²) in [6.07, 6.45) is -0.00620. The molecule has 0 saturated carbocycles. The van der Waals surface area contributed by atoms with E-state index in [9.17, 15) is 14.4 Å². The van der Waals surface area contributed by atoms with E-state index < -0.39 is 29.9 Å². The fourth-order valence-corrected chi connectivity index (χ4v) is 1.36. The summed E-state index contributed by atoms with van der Waals surface area (Å²) in [5.74, 6) is -2.39. The molecule has 6 nitrogen and oxygen atoms in total. The molecule has 1 aliphatic rings. The van der Waals surface area contributed by atoms with E-state index in [0.29, 0.717) is 4.90 Å². The van der Waals surface area contributed by atoms with Crippen LogP contribution in [0.3, 0.4) is 0 Å². The van der Waals surface area contributed by atoms with Crippen molar-refractivity contribution in [1.82, 2.24) is 4.90 Å². The SMILES string of the molecule is CC(=O)N1C(=O)C(N)CC1C(=O)O. The Labute approximate surface area is 74.3 Å². The molecule has 2 atom stereocenters. The van der Waals surface area contributed by atoms with Crippen LogP contribution in [0.4, 0.5) is 0 Å². The summed E-state index contributed by atoms with van der Waals surface area (Å²) in [4.78, 5) is 33.4. The molecular formula is C7H10N2O4. The second-order valence-corrected chi connectivity index (χ2v) is 2.92. The van der Waals surface area contributed by atoms with Gasteiger partial charge in [0.05, 0.1) is 6.04 Å². The summed E-state index contributed by atoms with van der Waals surface area (Å²) in [5, 5.41) is 8.67. The van der Waals surface area contributed by atoms with Crippen molar-refractivity contribution in [3.05, 3.63) is 0 Å². The third kappa shape index (κ3) is 1.52. The Bertz CT molecular complexity index is 276. The van der Waals surface area contributed by atoms with Crippen molar-refractivity contribution in [3.63, 3.8) is 0 Å². The van der Waals surface area contributed by atoms with Gasteiger partial charge >= 0.3 is 5.97 Å². The molecule has 1 aliphatic heterocycles. The second kappa shape index (κ2) is 3.14. The van der Waals surface area contributed by atoms with Gasteiger partial charge in [0, 0.05) is 13.3 Å². The number of imide groups is 1. The van der Waals surface area contributed by atoms with Crippen molar-refractivity contribution in [2.45, 2.75) is 25.4 Å². The largest absolute Gasteiger partial charge is 0.480 e. The molecule has 2 unspecified atom stereocenters. The summed E-state index contributed by atoms with van der Waals surface area (Å²) in [6.45, 7) is 1.14. The molecule has 1 heterocycles. The van der Waals surface area contributed by atoms with Gasteiger partial charge in [-0.05, 0) is 0 Å². The van der Waals surface area contributed by atoms with Gasteiger partial charge in [0.1, 0.15) is 6.04 Å². The van der Waals surface area contributed by atoms with Crippen LogP contribution in [0.2, 0.25) is 0 Å². The number of carboxylic acid groups (broad SMARTS) is 1. The van der Waals surface area contributed by atoms with Gasteiger partial charge in [0.2, 0.25) is 11.8 Å². The summed E-state index contributed by atoms with van der Waals surface area (Å²) in [6, 6.07) is -1.97. The number of aliphatic carboxylic acids is 1. The van der Waals surface area contributed by atoms with Crippen molar-refractivity contribution < 1.29 is 19.5 Å². The topological polar surface area (TPSA) is 101 Å². The highest BCUT2D eigenvalue weighted by atomic mass is 16.4. The van der Waals surface area contributed by atoms with E-state index in [2.05, 4.69) is 0 Å². The summed E-state index contributed by atoms with van der Waals surface area (Å²) < 4.78 is 0. The van der Waals surface area contributed by atoms with Gasteiger partial charge in [0.25, 0.3) is 0 Å². The number of carboxylic acids is 1. The predicted molar refractivity (Wildman–Crippen MR) is 41.5 cm³/mol. The number of nitrogens with zero attached hydrogens (tertiary/aromatic N) is 1. The third-order valence-corrected chi connectivity index (χ3v) is 1.97. The molecule has 72 valence electrons. The Morgan fingerprint density at radius 2 is 2.15 bits per heavy atom. The molecule has 1 saturated heterocycles. The number of hydrogen-bond acceptors (Lipinski definition) is 4. The van der Waals surface area contributed by atoms with Crippen molar-refractivity contribution >= 4 is 17.8 Å². The molecule has 1 fully saturated rings. The van der Waals surface area contributed by atoms with E-state index in [1.54, 1.807) is 0 Å². The Morgan fingerprint density at radius 1 is 1.62 bits per heavy atom. The Morgan fingerprint density at radius 3 is 2.46 bits per heavy atom. The number of likely N-dealkylation sites (tertiary alicyclic amines) is 1. The molecule has 0 aromatic heterocycles. The minimum Gasteiger partial charge on any atom is -0.480 e. The van der Waals surface area contributed by atoms with Gasteiger partial charge in [-0.3, -0.25) is 14.5 Å². The normalized spacial score (nSPS) is 27.8. The number of carbonyl (C=O) groups is 3. The zero-order chi connectivity index (χ0) is 10.2. The Balaban J connectivity index is 2.93. The van der Waals surface area contributed by atoms with Crippen LogP contribution in [-0.2, 0) is 14.4 Å². The molecule has 0 aromatic rings. The molecule has 0 spiro atoms. The Hall–Kier alpha value is -1.43.